The topological polar surface area (TPSA) is 132 Å². The number of nitrogens with zero attached hydrogens (tertiary/aromatic N) is 7. The van der Waals surface area contributed by atoms with E-state index in [-0.39, 0.29) is 40.8 Å². The van der Waals surface area contributed by atoms with Crippen molar-refractivity contribution in [1.29, 1.82) is 10.5 Å². The fourth-order valence-corrected chi connectivity index (χ4v) is 4.33. The lowest BCUT2D eigenvalue weighted by atomic mass is 10.1. The second kappa shape index (κ2) is 9.25. The molecule has 3 heterocycles. The lowest BCUT2D eigenvalue weighted by molar-refractivity contribution is -0.385. The Morgan fingerprint density at radius 3 is 2.41 bits per heavy atom. The first-order valence-electron chi connectivity index (χ1n) is 10.6. The van der Waals surface area contributed by atoms with Crippen LogP contribution in [0.1, 0.15) is 24.2 Å². The molecule has 10 nitrogen and oxygen atoms in total. The monoisotopic (exact) mass is 461 g/mol. The van der Waals surface area contributed by atoms with Crippen molar-refractivity contribution in [2.75, 3.05) is 31.1 Å². The number of piperazine rings is 1. The highest BCUT2D eigenvalue weighted by atomic mass is 19.1. The largest absolute Gasteiger partial charge is 0.361 e. The van der Waals surface area contributed by atoms with Crippen LogP contribution in [0.25, 0.3) is 11.0 Å². The number of benzene rings is 1. The average Bonchev–Trinajstić information content (AvgIpc) is 2.85. The molecular weight excluding hydrogens is 441 g/mol. The predicted molar refractivity (Wildman–Crippen MR) is 122 cm³/mol. The van der Waals surface area contributed by atoms with Crippen molar-refractivity contribution in [3.8, 4) is 12.1 Å². The predicted octanol–water partition coefficient (Wildman–Crippen LogP) is 2.72. The number of hydrogen-bond acceptors (Lipinski definition) is 8. The Labute approximate surface area is 193 Å². The van der Waals surface area contributed by atoms with Crippen LogP contribution in [-0.2, 0) is 6.54 Å². The lowest BCUT2D eigenvalue weighted by Gasteiger charge is -2.39. The van der Waals surface area contributed by atoms with Crippen LogP contribution in [0, 0.1) is 38.6 Å². The first-order chi connectivity index (χ1) is 16.3. The van der Waals surface area contributed by atoms with Crippen LogP contribution in [0.3, 0.4) is 0 Å². The van der Waals surface area contributed by atoms with Gasteiger partial charge in [-0.2, -0.15) is 10.5 Å². The number of nitro groups is 1. The van der Waals surface area contributed by atoms with Crippen molar-refractivity contribution >= 4 is 22.4 Å². The first kappa shape index (κ1) is 22.8. The van der Waals surface area contributed by atoms with Crippen LogP contribution in [0.15, 0.2) is 41.2 Å². The van der Waals surface area contributed by atoms with E-state index in [0.717, 1.165) is 10.1 Å². The Morgan fingerprint density at radius 1 is 1.15 bits per heavy atom. The van der Waals surface area contributed by atoms with Crippen molar-refractivity contribution in [3.63, 3.8) is 0 Å². The number of nitriles is 2. The molecule has 2 aromatic heterocycles. The molecule has 1 atom stereocenters. The summed E-state index contributed by atoms with van der Waals surface area (Å²) in [6.45, 7) is 3.45. The molecule has 1 saturated heterocycles. The van der Waals surface area contributed by atoms with Crippen LogP contribution in [0.5, 0.6) is 0 Å². The highest BCUT2D eigenvalue weighted by molar-refractivity contribution is 5.94. The summed E-state index contributed by atoms with van der Waals surface area (Å²) in [4.78, 5) is 32.4. The zero-order valence-electron chi connectivity index (χ0n) is 18.3. The van der Waals surface area contributed by atoms with Gasteiger partial charge in [-0.15, -0.1) is 0 Å². The fraction of sp³-hybridized carbons (Fsp3) is 0.304. The maximum absolute atomic E-state index is 13.3. The molecule has 0 saturated carbocycles. The normalized spacial score (nSPS) is 15.0. The van der Waals surface area contributed by atoms with Gasteiger partial charge in [0.1, 0.15) is 29.6 Å². The Morgan fingerprint density at radius 2 is 1.82 bits per heavy atom. The second-order valence-electron chi connectivity index (χ2n) is 7.93. The molecule has 1 aromatic carbocycles. The SMILES string of the molecule is CC(c1ccc(F)cc1)N1CCN(c2c([N+](=O)[O-])c(=O)n(CC#N)c3ccc(C#N)nc23)CC1. The molecule has 1 fully saturated rings. The van der Waals surface area contributed by atoms with Gasteiger partial charge in [0.25, 0.3) is 0 Å². The standard InChI is InChI=1S/C23H20FN7O3/c1-15(16-2-4-17(24)5-3-16)28-10-12-29(13-11-28)21-20-19(7-6-18(14-26)27-20)30(9-8-25)23(32)22(21)31(33)34/h2-7,15H,9-13H2,1H3. The number of fused-ring (bicyclic) bond motifs is 1. The lowest BCUT2D eigenvalue weighted by Crippen LogP contribution is -2.48. The van der Waals surface area contributed by atoms with Crippen molar-refractivity contribution in [2.45, 2.75) is 19.5 Å². The van der Waals surface area contributed by atoms with E-state index in [2.05, 4.69) is 9.88 Å². The molecule has 1 unspecified atom stereocenters. The molecule has 0 spiro atoms. The van der Waals surface area contributed by atoms with Gasteiger partial charge in [0.05, 0.1) is 16.5 Å². The molecular formula is C23H20FN7O3. The molecule has 172 valence electrons. The number of hydrogen-bond donors (Lipinski definition) is 0. The van der Waals surface area contributed by atoms with Gasteiger partial charge in [-0.1, -0.05) is 12.1 Å². The Kier molecular flexibility index (Phi) is 6.21. The quantitative estimate of drug-likeness (QED) is 0.418. The van der Waals surface area contributed by atoms with Crippen LogP contribution in [-0.4, -0.2) is 45.6 Å². The molecule has 34 heavy (non-hydrogen) atoms. The van der Waals surface area contributed by atoms with E-state index in [1.807, 2.05) is 19.1 Å². The van der Waals surface area contributed by atoms with Gasteiger partial charge >= 0.3 is 11.2 Å². The number of halogens is 1. The van der Waals surface area contributed by atoms with Crippen molar-refractivity contribution in [2.24, 2.45) is 0 Å². The third kappa shape index (κ3) is 4.05. The minimum atomic E-state index is -0.886. The van der Waals surface area contributed by atoms with Crippen molar-refractivity contribution < 1.29 is 9.31 Å². The summed E-state index contributed by atoms with van der Waals surface area (Å²) in [6, 6.07) is 12.9. The summed E-state index contributed by atoms with van der Waals surface area (Å²) in [7, 11) is 0. The molecule has 3 aromatic rings. The number of aromatic nitrogens is 2. The summed E-state index contributed by atoms with van der Waals surface area (Å²) in [5, 5.41) is 30.4. The number of anilines is 1. The summed E-state index contributed by atoms with van der Waals surface area (Å²) in [5.74, 6) is -0.310. The van der Waals surface area contributed by atoms with E-state index in [1.165, 1.54) is 24.3 Å². The highest BCUT2D eigenvalue weighted by Crippen LogP contribution is 2.34. The molecule has 1 aliphatic heterocycles. The average molecular weight is 461 g/mol. The molecule has 11 heteroatoms. The fourth-order valence-electron chi connectivity index (χ4n) is 4.33. The third-order valence-corrected chi connectivity index (χ3v) is 6.12. The molecule has 0 bridgehead atoms. The van der Waals surface area contributed by atoms with Gasteiger partial charge < -0.3 is 4.90 Å². The molecule has 1 aliphatic rings. The Bertz CT molecular complexity index is 1400. The van der Waals surface area contributed by atoms with Gasteiger partial charge in [-0.05, 0) is 36.8 Å². The number of rotatable bonds is 5. The van der Waals surface area contributed by atoms with Crippen LogP contribution in [0.2, 0.25) is 0 Å². The van der Waals surface area contributed by atoms with Gasteiger partial charge in [0, 0.05) is 32.2 Å². The molecule has 0 aliphatic carbocycles. The minimum absolute atomic E-state index is 0.00132. The van der Waals surface area contributed by atoms with Crippen molar-refractivity contribution in [1.82, 2.24) is 14.5 Å². The van der Waals surface area contributed by atoms with E-state index in [1.54, 1.807) is 17.0 Å². The Hall–Kier alpha value is -4.35. The van der Waals surface area contributed by atoms with Crippen LogP contribution < -0.4 is 10.5 Å². The molecule has 0 N–H and O–H groups in total. The van der Waals surface area contributed by atoms with Crippen LogP contribution >= 0.6 is 0 Å². The highest BCUT2D eigenvalue weighted by Gasteiger charge is 2.33. The van der Waals surface area contributed by atoms with E-state index in [4.69, 9.17) is 5.26 Å². The van der Waals surface area contributed by atoms with Crippen molar-refractivity contribution in [3.05, 3.63) is 73.9 Å². The summed E-state index contributed by atoms with van der Waals surface area (Å²) in [5.41, 5.74) is -0.0909. The summed E-state index contributed by atoms with van der Waals surface area (Å²) < 4.78 is 14.3. The first-order valence-corrected chi connectivity index (χ1v) is 10.6. The van der Waals surface area contributed by atoms with Crippen LogP contribution in [0.4, 0.5) is 15.8 Å². The third-order valence-electron chi connectivity index (χ3n) is 6.12. The number of pyridine rings is 2. The maximum Gasteiger partial charge on any atom is 0.359 e. The van der Waals surface area contributed by atoms with E-state index in [0.29, 0.717) is 26.2 Å². The van der Waals surface area contributed by atoms with E-state index in [9.17, 15) is 24.6 Å². The van der Waals surface area contributed by atoms with E-state index < -0.39 is 16.2 Å². The molecule has 4 rings (SSSR count). The minimum Gasteiger partial charge on any atom is -0.361 e. The zero-order valence-corrected chi connectivity index (χ0v) is 18.3. The molecule has 0 radical (unpaired) electrons. The Balaban J connectivity index is 1.75. The second-order valence-corrected chi connectivity index (χ2v) is 7.93. The van der Waals surface area contributed by atoms with Gasteiger partial charge in [0.2, 0.25) is 0 Å². The van der Waals surface area contributed by atoms with Gasteiger partial charge in [0.15, 0.2) is 5.69 Å². The van der Waals surface area contributed by atoms with E-state index >= 15 is 0 Å². The zero-order chi connectivity index (χ0) is 24.4. The van der Waals surface area contributed by atoms with Gasteiger partial charge in [-0.3, -0.25) is 24.4 Å². The smallest absolute Gasteiger partial charge is 0.359 e. The maximum atomic E-state index is 13.3. The summed E-state index contributed by atoms with van der Waals surface area (Å²) >= 11 is 0. The molecule has 0 amide bonds. The summed E-state index contributed by atoms with van der Waals surface area (Å²) in [6.07, 6.45) is 0. The van der Waals surface area contributed by atoms with Gasteiger partial charge in [-0.25, -0.2) is 9.37 Å².